The minimum Gasteiger partial charge on any atom is -0.365 e. The van der Waals surface area contributed by atoms with Crippen LogP contribution in [0, 0.1) is 0 Å². The highest BCUT2D eigenvalue weighted by atomic mass is 79.9. The average molecular weight is 426 g/mol. The van der Waals surface area contributed by atoms with Crippen LogP contribution in [-0.2, 0) is 4.79 Å². The number of aliphatic hydroxyl groups is 1. The van der Waals surface area contributed by atoms with Crippen molar-refractivity contribution >= 4 is 55.2 Å². The summed E-state index contributed by atoms with van der Waals surface area (Å²) in [6.45, 7) is 0. The molecule has 0 spiro atoms. The maximum Gasteiger partial charge on any atom is 0.338 e. The Morgan fingerprint density at radius 2 is 1.27 bits per heavy atom. The lowest BCUT2D eigenvalue weighted by Crippen LogP contribution is -2.34. The Kier molecular flexibility index (Phi) is 4.03. The Bertz CT molecular complexity index is 731. The van der Waals surface area contributed by atoms with Crippen LogP contribution in [-0.4, -0.2) is 23.3 Å². The quantitative estimate of drug-likeness (QED) is 0.749. The standard InChI is InChI=1S/C15H10Br2N2O3/c16-9-1-5-11(6-2-9)18-13(20)14(21)19(15(18)22)12-7-3-10(17)4-8-12/h1-8,13,20H. The van der Waals surface area contributed by atoms with E-state index in [1.54, 1.807) is 48.5 Å². The Balaban J connectivity index is 1.98. The Morgan fingerprint density at radius 1 is 0.818 bits per heavy atom. The first-order chi connectivity index (χ1) is 10.5. The molecule has 0 bridgehead atoms. The first-order valence-electron chi connectivity index (χ1n) is 6.35. The molecule has 3 amide bonds. The van der Waals surface area contributed by atoms with Crippen molar-refractivity contribution in [1.82, 2.24) is 0 Å². The summed E-state index contributed by atoms with van der Waals surface area (Å²) in [6, 6.07) is 12.9. The van der Waals surface area contributed by atoms with Crippen molar-refractivity contribution in [2.24, 2.45) is 0 Å². The van der Waals surface area contributed by atoms with E-state index < -0.39 is 18.2 Å². The molecule has 0 aliphatic carbocycles. The number of nitrogens with zero attached hydrogens (tertiary/aromatic N) is 2. The predicted octanol–water partition coefficient (Wildman–Crippen LogP) is 3.50. The molecule has 0 radical (unpaired) electrons. The molecule has 2 aromatic rings. The lowest BCUT2D eigenvalue weighted by atomic mass is 10.3. The number of hydrogen-bond acceptors (Lipinski definition) is 3. The fourth-order valence-corrected chi connectivity index (χ4v) is 2.74. The Hall–Kier alpha value is -1.70. The summed E-state index contributed by atoms with van der Waals surface area (Å²) in [4.78, 5) is 26.8. The lowest BCUT2D eigenvalue weighted by Gasteiger charge is -2.18. The van der Waals surface area contributed by atoms with Gasteiger partial charge in [-0.1, -0.05) is 31.9 Å². The molecule has 1 atom stereocenters. The van der Waals surface area contributed by atoms with Crippen LogP contribution in [0.1, 0.15) is 0 Å². The summed E-state index contributed by atoms with van der Waals surface area (Å²) < 4.78 is 1.68. The predicted molar refractivity (Wildman–Crippen MR) is 89.7 cm³/mol. The third-order valence-corrected chi connectivity index (χ3v) is 4.33. The van der Waals surface area contributed by atoms with E-state index in [1.807, 2.05) is 0 Å². The molecule has 2 aromatic carbocycles. The number of hydrogen-bond donors (Lipinski definition) is 1. The summed E-state index contributed by atoms with van der Waals surface area (Å²) in [6.07, 6.45) is -1.53. The number of halogens is 2. The molecule has 1 aliphatic heterocycles. The van der Waals surface area contributed by atoms with Crippen LogP contribution in [0.5, 0.6) is 0 Å². The Labute approximate surface area is 143 Å². The molecule has 1 unspecified atom stereocenters. The number of rotatable bonds is 2. The molecule has 3 rings (SSSR count). The summed E-state index contributed by atoms with van der Waals surface area (Å²) in [7, 11) is 0. The highest BCUT2D eigenvalue weighted by Gasteiger charge is 2.45. The monoisotopic (exact) mass is 424 g/mol. The van der Waals surface area contributed by atoms with Gasteiger partial charge in [-0.3, -0.25) is 9.69 Å². The van der Waals surface area contributed by atoms with Crippen molar-refractivity contribution < 1.29 is 14.7 Å². The highest BCUT2D eigenvalue weighted by molar-refractivity contribution is 9.10. The molecule has 1 heterocycles. The molecule has 22 heavy (non-hydrogen) atoms. The number of benzene rings is 2. The zero-order chi connectivity index (χ0) is 15.9. The van der Waals surface area contributed by atoms with Crippen LogP contribution in [0.3, 0.4) is 0 Å². The molecule has 7 heteroatoms. The van der Waals surface area contributed by atoms with Crippen molar-refractivity contribution in [2.75, 3.05) is 9.80 Å². The second-order valence-electron chi connectivity index (χ2n) is 4.65. The van der Waals surface area contributed by atoms with Crippen molar-refractivity contribution in [3.63, 3.8) is 0 Å². The first-order valence-corrected chi connectivity index (χ1v) is 7.94. The summed E-state index contributed by atoms with van der Waals surface area (Å²) in [5.41, 5.74) is 0.866. The van der Waals surface area contributed by atoms with Gasteiger partial charge in [-0.2, -0.15) is 0 Å². The molecule has 0 saturated carbocycles. The van der Waals surface area contributed by atoms with Crippen LogP contribution in [0.15, 0.2) is 57.5 Å². The van der Waals surface area contributed by atoms with Crippen molar-refractivity contribution in [3.05, 3.63) is 57.5 Å². The molecule has 0 aromatic heterocycles. The summed E-state index contributed by atoms with van der Waals surface area (Å²) in [5.74, 6) is -0.671. The van der Waals surface area contributed by atoms with E-state index >= 15 is 0 Å². The summed E-state index contributed by atoms with van der Waals surface area (Å²) in [5, 5.41) is 10.1. The zero-order valence-corrected chi connectivity index (χ0v) is 14.3. The van der Waals surface area contributed by atoms with Gasteiger partial charge in [0.2, 0.25) is 6.23 Å². The minimum absolute atomic E-state index is 0.414. The van der Waals surface area contributed by atoms with E-state index in [2.05, 4.69) is 31.9 Å². The van der Waals surface area contributed by atoms with Crippen LogP contribution < -0.4 is 9.80 Å². The molecule has 1 aliphatic rings. The topological polar surface area (TPSA) is 60.9 Å². The zero-order valence-electron chi connectivity index (χ0n) is 11.1. The molecule has 1 saturated heterocycles. The number of amides is 3. The SMILES string of the molecule is O=C1C(O)N(c2ccc(Br)cc2)C(=O)N1c1ccc(Br)cc1. The lowest BCUT2D eigenvalue weighted by molar-refractivity contribution is -0.123. The maximum atomic E-state index is 12.5. The third kappa shape index (κ3) is 2.55. The van der Waals surface area contributed by atoms with Gasteiger partial charge < -0.3 is 5.11 Å². The van der Waals surface area contributed by atoms with E-state index in [0.29, 0.717) is 11.4 Å². The normalized spacial score (nSPS) is 18.2. The highest BCUT2D eigenvalue weighted by Crippen LogP contribution is 2.30. The minimum atomic E-state index is -1.53. The number of aliphatic hydroxyl groups excluding tert-OH is 1. The number of imide groups is 1. The van der Waals surface area contributed by atoms with E-state index in [9.17, 15) is 14.7 Å². The molecular formula is C15H10Br2N2O3. The van der Waals surface area contributed by atoms with Gasteiger partial charge in [-0.25, -0.2) is 9.69 Å². The van der Waals surface area contributed by atoms with E-state index in [-0.39, 0.29) is 0 Å². The van der Waals surface area contributed by atoms with E-state index in [0.717, 1.165) is 18.7 Å². The smallest absolute Gasteiger partial charge is 0.338 e. The number of carbonyl (C=O) groups excluding carboxylic acids is 2. The largest absolute Gasteiger partial charge is 0.365 e. The Morgan fingerprint density at radius 3 is 1.77 bits per heavy atom. The molecule has 5 nitrogen and oxygen atoms in total. The molecule has 1 fully saturated rings. The van der Waals surface area contributed by atoms with Crippen LogP contribution in [0.2, 0.25) is 0 Å². The molecular weight excluding hydrogens is 416 g/mol. The van der Waals surface area contributed by atoms with Crippen molar-refractivity contribution in [1.29, 1.82) is 0 Å². The first kappa shape index (κ1) is 15.2. The van der Waals surface area contributed by atoms with Gasteiger partial charge in [-0.05, 0) is 48.5 Å². The van der Waals surface area contributed by atoms with Crippen LogP contribution >= 0.6 is 31.9 Å². The van der Waals surface area contributed by atoms with E-state index in [1.165, 1.54) is 0 Å². The van der Waals surface area contributed by atoms with Gasteiger partial charge in [0, 0.05) is 14.6 Å². The van der Waals surface area contributed by atoms with E-state index in [4.69, 9.17) is 0 Å². The number of urea groups is 1. The molecule has 112 valence electrons. The fourth-order valence-electron chi connectivity index (χ4n) is 2.21. The van der Waals surface area contributed by atoms with Gasteiger partial charge in [0.15, 0.2) is 0 Å². The van der Waals surface area contributed by atoms with Crippen molar-refractivity contribution in [3.8, 4) is 0 Å². The fraction of sp³-hybridized carbons (Fsp3) is 0.0667. The van der Waals surface area contributed by atoms with Gasteiger partial charge in [0.25, 0.3) is 5.91 Å². The number of carbonyl (C=O) groups is 2. The third-order valence-electron chi connectivity index (χ3n) is 3.27. The average Bonchev–Trinajstić information content (AvgIpc) is 2.72. The molecule has 1 N–H and O–H groups in total. The summed E-state index contributed by atoms with van der Waals surface area (Å²) >= 11 is 6.60. The van der Waals surface area contributed by atoms with Gasteiger partial charge in [0.05, 0.1) is 5.69 Å². The van der Waals surface area contributed by atoms with Crippen LogP contribution in [0.4, 0.5) is 16.2 Å². The maximum absolute atomic E-state index is 12.5. The van der Waals surface area contributed by atoms with Gasteiger partial charge in [0.1, 0.15) is 0 Å². The second-order valence-corrected chi connectivity index (χ2v) is 6.48. The van der Waals surface area contributed by atoms with Gasteiger partial charge >= 0.3 is 6.03 Å². The second kappa shape index (κ2) is 5.83. The van der Waals surface area contributed by atoms with Crippen molar-refractivity contribution in [2.45, 2.75) is 6.23 Å². The number of anilines is 2. The van der Waals surface area contributed by atoms with Gasteiger partial charge in [-0.15, -0.1) is 0 Å². The van der Waals surface area contributed by atoms with Crippen LogP contribution in [0.25, 0.3) is 0 Å².